The first-order valence-corrected chi connectivity index (χ1v) is 6.14. The van der Waals surface area contributed by atoms with E-state index in [1.165, 1.54) is 5.56 Å². The molecule has 0 bridgehead atoms. The molecule has 0 amide bonds. The topological polar surface area (TPSA) is 59.1 Å². The first-order valence-electron chi connectivity index (χ1n) is 6.14. The Labute approximate surface area is 113 Å². The normalized spacial score (nSPS) is 10.2. The van der Waals surface area contributed by atoms with E-state index >= 15 is 0 Å². The van der Waals surface area contributed by atoms with E-state index in [0.29, 0.717) is 5.95 Å². The Kier molecular flexibility index (Phi) is 4.69. The van der Waals surface area contributed by atoms with Gasteiger partial charge in [0.1, 0.15) is 5.75 Å². The lowest BCUT2D eigenvalue weighted by Crippen LogP contribution is -2.13. The molecule has 0 unspecified atom stereocenters. The van der Waals surface area contributed by atoms with Gasteiger partial charge in [0.25, 0.3) is 0 Å². The highest BCUT2D eigenvalue weighted by molar-refractivity contribution is 5.27. The summed E-state index contributed by atoms with van der Waals surface area (Å²) in [4.78, 5) is 8.33. The number of ether oxygens (including phenoxy) is 1. The fraction of sp³-hybridized carbons (Fsp3) is 0.286. The van der Waals surface area contributed by atoms with Gasteiger partial charge < -0.3 is 15.4 Å². The van der Waals surface area contributed by atoms with Crippen LogP contribution >= 0.6 is 0 Å². The maximum Gasteiger partial charge on any atom is 0.222 e. The van der Waals surface area contributed by atoms with Gasteiger partial charge in [-0.3, -0.25) is 0 Å². The maximum atomic E-state index is 5.12. The largest absolute Gasteiger partial charge is 0.497 e. The molecule has 1 heterocycles. The average Bonchev–Trinajstić information content (AvgIpc) is 2.49. The van der Waals surface area contributed by atoms with Crippen LogP contribution in [0.3, 0.4) is 0 Å². The molecule has 0 aliphatic carbocycles. The minimum Gasteiger partial charge on any atom is -0.497 e. The molecule has 0 saturated heterocycles. The van der Waals surface area contributed by atoms with Crippen LogP contribution in [-0.4, -0.2) is 24.1 Å². The van der Waals surface area contributed by atoms with Crippen LogP contribution in [0.2, 0.25) is 0 Å². The van der Waals surface area contributed by atoms with Crippen molar-refractivity contribution < 1.29 is 4.74 Å². The Balaban J connectivity index is 1.81. The molecule has 5 heteroatoms. The van der Waals surface area contributed by atoms with Crippen molar-refractivity contribution >= 4 is 5.95 Å². The summed E-state index contributed by atoms with van der Waals surface area (Å²) in [6, 6.07) is 8.02. The molecule has 2 N–H and O–H groups in total. The zero-order chi connectivity index (χ0) is 13.5. The molecule has 2 rings (SSSR count). The van der Waals surface area contributed by atoms with Crippen LogP contribution in [0.25, 0.3) is 0 Å². The quantitative estimate of drug-likeness (QED) is 0.827. The second-order valence-electron chi connectivity index (χ2n) is 4.12. The van der Waals surface area contributed by atoms with Crippen molar-refractivity contribution in [1.29, 1.82) is 0 Å². The number of methoxy groups -OCH3 is 1. The minimum atomic E-state index is 0.638. The molecule has 0 aliphatic heterocycles. The van der Waals surface area contributed by atoms with E-state index in [-0.39, 0.29) is 0 Å². The predicted molar refractivity (Wildman–Crippen MR) is 75.1 cm³/mol. The van der Waals surface area contributed by atoms with Gasteiger partial charge in [0.2, 0.25) is 5.95 Å². The van der Waals surface area contributed by atoms with Crippen LogP contribution < -0.4 is 15.4 Å². The van der Waals surface area contributed by atoms with E-state index in [1.54, 1.807) is 14.2 Å². The number of nitrogens with zero attached hydrogens (tertiary/aromatic N) is 2. The standard InChI is InChI=1S/C14H18N4O/c1-15-14-17-9-12(10-18-14)8-16-7-11-3-5-13(19-2)6-4-11/h3-6,9-10,16H,7-8H2,1-2H3,(H,15,17,18). The zero-order valence-corrected chi connectivity index (χ0v) is 11.2. The SMILES string of the molecule is CNc1ncc(CNCc2ccc(OC)cc2)cn1. The molecule has 0 spiro atoms. The molecular formula is C14H18N4O. The van der Waals surface area contributed by atoms with Crippen LogP contribution in [0, 0.1) is 0 Å². The van der Waals surface area contributed by atoms with Crippen molar-refractivity contribution in [2.75, 3.05) is 19.5 Å². The summed E-state index contributed by atoms with van der Waals surface area (Å²) in [5, 5.41) is 6.24. The van der Waals surface area contributed by atoms with Gasteiger partial charge in [0.15, 0.2) is 0 Å². The van der Waals surface area contributed by atoms with Crippen LogP contribution in [0.15, 0.2) is 36.7 Å². The van der Waals surface area contributed by atoms with Crippen molar-refractivity contribution in [3.63, 3.8) is 0 Å². The molecule has 0 saturated carbocycles. The van der Waals surface area contributed by atoms with Gasteiger partial charge in [-0.2, -0.15) is 0 Å². The Morgan fingerprint density at radius 3 is 2.21 bits per heavy atom. The Hall–Kier alpha value is -2.14. The van der Waals surface area contributed by atoms with Gasteiger partial charge in [-0.1, -0.05) is 12.1 Å². The van der Waals surface area contributed by atoms with E-state index < -0.39 is 0 Å². The molecule has 100 valence electrons. The molecule has 0 fully saturated rings. The van der Waals surface area contributed by atoms with Gasteiger partial charge >= 0.3 is 0 Å². The van der Waals surface area contributed by atoms with Crippen LogP contribution in [0.5, 0.6) is 5.75 Å². The van der Waals surface area contributed by atoms with Gasteiger partial charge in [-0.15, -0.1) is 0 Å². The molecule has 2 aromatic rings. The van der Waals surface area contributed by atoms with Crippen LogP contribution in [0.1, 0.15) is 11.1 Å². The third-order valence-electron chi connectivity index (χ3n) is 2.75. The van der Waals surface area contributed by atoms with Crippen molar-refractivity contribution in [3.05, 3.63) is 47.8 Å². The summed E-state index contributed by atoms with van der Waals surface area (Å²) in [6.07, 6.45) is 3.64. The Morgan fingerprint density at radius 1 is 1.00 bits per heavy atom. The zero-order valence-electron chi connectivity index (χ0n) is 11.2. The van der Waals surface area contributed by atoms with E-state index in [2.05, 4.69) is 20.6 Å². The summed E-state index contributed by atoms with van der Waals surface area (Å²) in [6.45, 7) is 1.55. The fourth-order valence-corrected chi connectivity index (χ4v) is 1.67. The second-order valence-corrected chi connectivity index (χ2v) is 4.12. The lowest BCUT2D eigenvalue weighted by molar-refractivity contribution is 0.414. The monoisotopic (exact) mass is 258 g/mol. The Bertz CT molecular complexity index is 448. The maximum absolute atomic E-state index is 5.12. The number of aromatic nitrogens is 2. The highest BCUT2D eigenvalue weighted by Gasteiger charge is 1.97. The highest BCUT2D eigenvalue weighted by atomic mass is 16.5. The molecule has 1 aromatic carbocycles. The summed E-state index contributed by atoms with van der Waals surface area (Å²) in [5.41, 5.74) is 2.28. The van der Waals surface area contributed by atoms with Crippen molar-refractivity contribution in [2.45, 2.75) is 13.1 Å². The number of nitrogens with one attached hydrogen (secondary N) is 2. The first kappa shape index (κ1) is 13.3. The van der Waals surface area contributed by atoms with Crippen molar-refractivity contribution in [3.8, 4) is 5.75 Å². The average molecular weight is 258 g/mol. The molecule has 1 aromatic heterocycles. The summed E-state index contributed by atoms with van der Waals surface area (Å²) in [7, 11) is 3.47. The number of anilines is 1. The van der Waals surface area contributed by atoms with Gasteiger partial charge in [0.05, 0.1) is 7.11 Å². The van der Waals surface area contributed by atoms with Crippen molar-refractivity contribution in [2.24, 2.45) is 0 Å². The first-order chi connectivity index (χ1) is 9.31. The van der Waals surface area contributed by atoms with E-state index in [4.69, 9.17) is 4.74 Å². The van der Waals surface area contributed by atoms with E-state index in [9.17, 15) is 0 Å². The van der Waals surface area contributed by atoms with Gasteiger partial charge in [0, 0.05) is 38.1 Å². The van der Waals surface area contributed by atoms with Crippen molar-refractivity contribution in [1.82, 2.24) is 15.3 Å². The van der Waals surface area contributed by atoms with Crippen LogP contribution in [-0.2, 0) is 13.1 Å². The summed E-state index contributed by atoms with van der Waals surface area (Å²) >= 11 is 0. The lowest BCUT2D eigenvalue weighted by Gasteiger charge is -2.06. The van der Waals surface area contributed by atoms with E-state index in [0.717, 1.165) is 24.4 Å². The molecular weight excluding hydrogens is 240 g/mol. The molecule has 0 radical (unpaired) electrons. The second kappa shape index (κ2) is 6.70. The van der Waals surface area contributed by atoms with Gasteiger partial charge in [-0.25, -0.2) is 9.97 Å². The molecule has 0 aliphatic rings. The number of hydrogen-bond acceptors (Lipinski definition) is 5. The van der Waals surface area contributed by atoms with Crippen LogP contribution in [0.4, 0.5) is 5.95 Å². The molecule has 19 heavy (non-hydrogen) atoms. The number of hydrogen-bond donors (Lipinski definition) is 2. The Morgan fingerprint density at radius 2 is 1.63 bits per heavy atom. The molecule has 0 atom stereocenters. The van der Waals surface area contributed by atoms with Gasteiger partial charge in [-0.05, 0) is 17.7 Å². The van der Waals surface area contributed by atoms with E-state index in [1.807, 2.05) is 36.7 Å². The smallest absolute Gasteiger partial charge is 0.222 e. The lowest BCUT2D eigenvalue weighted by atomic mass is 10.2. The predicted octanol–water partition coefficient (Wildman–Crippen LogP) is 1.82. The number of benzene rings is 1. The fourth-order valence-electron chi connectivity index (χ4n) is 1.67. The third kappa shape index (κ3) is 3.93. The minimum absolute atomic E-state index is 0.638. The third-order valence-corrected chi connectivity index (χ3v) is 2.75. The number of rotatable bonds is 6. The molecule has 5 nitrogen and oxygen atoms in total. The summed E-state index contributed by atoms with van der Waals surface area (Å²) < 4.78 is 5.12. The highest BCUT2D eigenvalue weighted by Crippen LogP contribution is 2.11. The summed E-state index contributed by atoms with van der Waals surface area (Å²) in [5.74, 6) is 1.51.